The molecule has 0 heterocycles. The minimum absolute atomic E-state index is 0.0237. The fraction of sp³-hybridized carbons (Fsp3) is 0.105. The van der Waals surface area contributed by atoms with E-state index in [2.05, 4.69) is 9.46 Å². The smallest absolute Gasteiger partial charge is 0.337 e. The first-order chi connectivity index (χ1) is 12.0. The summed E-state index contributed by atoms with van der Waals surface area (Å²) in [6.45, 7) is 0.159. The number of sulfonamides is 1. The normalized spacial score (nSPS) is 11.4. The molecule has 25 heavy (non-hydrogen) atoms. The zero-order chi connectivity index (χ0) is 17.9. The number of fused-ring (bicyclic) bond motifs is 1. The van der Waals surface area contributed by atoms with Gasteiger partial charge in [0.05, 0.1) is 17.6 Å². The Labute approximate surface area is 146 Å². The standard InChI is InChI=1S/C19H17NO4S/c1-24-19(21)15-8-5-10-17(12-15)25(22,23)20-13-16-9-4-7-14-6-2-3-11-18(14)16/h2-12,20H,13H2,1H3. The molecule has 1 N–H and O–H groups in total. The van der Waals surface area contributed by atoms with E-state index in [9.17, 15) is 13.2 Å². The average Bonchev–Trinajstić information content (AvgIpc) is 2.66. The van der Waals surface area contributed by atoms with Crippen molar-refractivity contribution in [1.29, 1.82) is 0 Å². The van der Waals surface area contributed by atoms with Crippen molar-refractivity contribution in [3.8, 4) is 0 Å². The van der Waals surface area contributed by atoms with Gasteiger partial charge in [-0.2, -0.15) is 0 Å². The molecule has 128 valence electrons. The maximum atomic E-state index is 12.5. The number of methoxy groups -OCH3 is 1. The van der Waals surface area contributed by atoms with Crippen LogP contribution < -0.4 is 4.72 Å². The largest absolute Gasteiger partial charge is 0.465 e. The van der Waals surface area contributed by atoms with E-state index in [1.807, 2.05) is 42.5 Å². The van der Waals surface area contributed by atoms with Gasteiger partial charge in [0.15, 0.2) is 0 Å². The van der Waals surface area contributed by atoms with Crippen LogP contribution in [0.3, 0.4) is 0 Å². The zero-order valence-corrected chi connectivity index (χ0v) is 14.4. The summed E-state index contributed by atoms with van der Waals surface area (Å²) in [4.78, 5) is 11.6. The number of benzene rings is 3. The molecule has 0 aliphatic rings. The van der Waals surface area contributed by atoms with Gasteiger partial charge in [-0.3, -0.25) is 0 Å². The Morgan fingerprint density at radius 1 is 1.00 bits per heavy atom. The summed E-state index contributed by atoms with van der Waals surface area (Å²) in [5.41, 5.74) is 1.07. The van der Waals surface area contributed by atoms with Gasteiger partial charge in [0, 0.05) is 6.54 Å². The zero-order valence-electron chi connectivity index (χ0n) is 13.6. The number of esters is 1. The number of carbonyl (C=O) groups is 1. The Hall–Kier alpha value is -2.70. The predicted molar refractivity (Wildman–Crippen MR) is 95.8 cm³/mol. The monoisotopic (exact) mass is 355 g/mol. The van der Waals surface area contributed by atoms with Crippen molar-refractivity contribution in [2.45, 2.75) is 11.4 Å². The molecule has 0 spiro atoms. The fourth-order valence-electron chi connectivity index (χ4n) is 2.61. The van der Waals surface area contributed by atoms with Crippen molar-refractivity contribution in [1.82, 2.24) is 4.72 Å². The Kier molecular flexibility index (Phi) is 4.83. The van der Waals surface area contributed by atoms with Crippen molar-refractivity contribution in [2.75, 3.05) is 7.11 Å². The lowest BCUT2D eigenvalue weighted by Gasteiger charge is -2.10. The van der Waals surface area contributed by atoms with Crippen LogP contribution in [0.4, 0.5) is 0 Å². The van der Waals surface area contributed by atoms with Crippen molar-refractivity contribution in [3.63, 3.8) is 0 Å². The van der Waals surface area contributed by atoms with Gasteiger partial charge in [0.2, 0.25) is 10.0 Å². The molecule has 0 unspecified atom stereocenters. The molecule has 0 fully saturated rings. The lowest BCUT2D eigenvalue weighted by molar-refractivity contribution is 0.0600. The molecule has 0 aromatic heterocycles. The Bertz CT molecular complexity index is 1020. The van der Waals surface area contributed by atoms with E-state index in [4.69, 9.17) is 0 Å². The van der Waals surface area contributed by atoms with E-state index < -0.39 is 16.0 Å². The van der Waals surface area contributed by atoms with Crippen LogP contribution in [0.15, 0.2) is 71.6 Å². The van der Waals surface area contributed by atoms with Gasteiger partial charge in [-0.05, 0) is 34.5 Å². The highest BCUT2D eigenvalue weighted by Crippen LogP contribution is 2.19. The van der Waals surface area contributed by atoms with Crippen LogP contribution in [0, 0.1) is 0 Å². The highest BCUT2D eigenvalue weighted by Gasteiger charge is 2.16. The van der Waals surface area contributed by atoms with E-state index in [0.717, 1.165) is 16.3 Å². The van der Waals surface area contributed by atoms with Gasteiger partial charge < -0.3 is 4.74 Å². The van der Waals surface area contributed by atoms with E-state index in [-0.39, 0.29) is 17.0 Å². The van der Waals surface area contributed by atoms with Crippen LogP contribution in [-0.2, 0) is 21.3 Å². The molecular formula is C19H17NO4S. The van der Waals surface area contributed by atoms with Crippen LogP contribution in [0.5, 0.6) is 0 Å². The van der Waals surface area contributed by atoms with Crippen LogP contribution in [0.1, 0.15) is 15.9 Å². The molecule has 0 amide bonds. The molecule has 5 nitrogen and oxygen atoms in total. The minimum Gasteiger partial charge on any atom is -0.465 e. The first-order valence-corrected chi connectivity index (χ1v) is 9.14. The number of rotatable bonds is 5. The lowest BCUT2D eigenvalue weighted by Crippen LogP contribution is -2.23. The number of nitrogens with one attached hydrogen (secondary N) is 1. The van der Waals surface area contributed by atoms with Crippen LogP contribution >= 0.6 is 0 Å². The first-order valence-electron chi connectivity index (χ1n) is 7.66. The van der Waals surface area contributed by atoms with Gasteiger partial charge >= 0.3 is 5.97 Å². The van der Waals surface area contributed by atoms with Crippen molar-refractivity contribution < 1.29 is 17.9 Å². The van der Waals surface area contributed by atoms with E-state index >= 15 is 0 Å². The number of hydrogen-bond acceptors (Lipinski definition) is 4. The molecular weight excluding hydrogens is 338 g/mol. The van der Waals surface area contributed by atoms with Crippen molar-refractivity contribution in [3.05, 3.63) is 77.9 Å². The predicted octanol–water partition coefficient (Wildman–Crippen LogP) is 3.10. The first kappa shape index (κ1) is 17.1. The highest BCUT2D eigenvalue weighted by molar-refractivity contribution is 7.89. The van der Waals surface area contributed by atoms with E-state index in [1.165, 1.54) is 31.4 Å². The molecule has 3 aromatic rings. The van der Waals surface area contributed by atoms with Gasteiger partial charge in [0.1, 0.15) is 0 Å². The topological polar surface area (TPSA) is 72.5 Å². The Morgan fingerprint density at radius 2 is 1.72 bits per heavy atom. The quantitative estimate of drug-likeness (QED) is 0.714. The molecule has 3 aromatic carbocycles. The van der Waals surface area contributed by atoms with Crippen molar-refractivity contribution >= 4 is 26.8 Å². The number of carbonyl (C=O) groups excluding carboxylic acids is 1. The summed E-state index contributed by atoms with van der Waals surface area (Å²) in [5.74, 6) is -0.578. The second-order valence-corrected chi connectivity index (χ2v) is 7.25. The third kappa shape index (κ3) is 3.70. The maximum Gasteiger partial charge on any atom is 0.337 e. The summed E-state index contributed by atoms with van der Waals surface area (Å²) in [6.07, 6.45) is 0. The average molecular weight is 355 g/mol. The number of ether oxygens (including phenoxy) is 1. The number of hydrogen-bond donors (Lipinski definition) is 1. The third-order valence-corrected chi connectivity index (χ3v) is 5.30. The van der Waals surface area contributed by atoms with Gasteiger partial charge in [-0.15, -0.1) is 0 Å². The van der Waals surface area contributed by atoms with Gasteiger partial charge in [-0.25, -0.2) is 17.9 Å². The SMILES string of the molecule is COC(=O)c1cccc(S(=O)(=O)NCc2cccc3ccccc23)c1. The molecule has 0 radical (unpaired) electrons. The van der Waals surface area contributed by atoms with Crippen LogP contribution in [0.25, 0.3) is 10.8 Å². The van der Waals surface area contributed by atoms with Gasteiger partial charge in [-0.1, -0.05) is 48.5 Å². The summed E-state index contributed by atoms with van der Waals surface area (Å²) >= 11 is 0. The Morgan fingerprint density at radius 3 is 2.52 bits per heavy atom. The molecule has 0 atom stereocenters. The van der Waals surface area contributed by atoms with E-state index in [0.29, 0.717) is 0 Å². The van der Waals surface area contributed by atoms with Crippen molar-refractivity contribution in [2.24, 2.45) is 0 Å². The molecule has 0 saturated heterocycles. The molecule has 0 aliphatic carbocycles. The second kappa shape index (κ2) is 7.04. The molecule has 0 bridgehead atoms. The van der Waals surface area contributed by atoms with Gasteiger partial charge in [0.25, 0.3) is 0 Å². The summed E-state index contributed by atoms with van der Waals surface area (Å²) in [7, 11) is -2.50. The molecule has 0 aliphatic heterocycles. The third-order valence-electron chi connectivity index (χ3n) is 3.90. The van der Waals surface area contributed by atoms with Crippen LogP contribution in [-0.4, -0.2) is 21.5 Å². The Balaban J connectivity index is 1.86. The molecule has 3 rings (SSSR count). The summed E-state index contributed by atoms with van der Waals surface area (Å²) in [5, 5.41) is 2.04. The summed E-state index contributed by atoms with van der Waals surface area (Å²) in [6, 6.07) is 19.3. The fourth-order valence-corrected chi connectivity index (χ4v) is 3.66. The highest BCUT2D eigenvalue weighted by atomic mass is 32.2. The molecule has 0 saturated carbocycles. The maximum absolute atomic E-state index is 12.5. The lowest BCUT2D eigenvalue weighted by atomic mass is 10.1. The molecule has 6 heteroatoms. The van der Waals surface area contributed by atoms with Crippen LogP contribution in [0.2, 0.25) is 0 Å². The minimum atomic E-state index is -3.75. The summed E-state index contributed by atoms with van der Waals surface area (Å²) < 4.78 is 32.3. The van der Waals surface area contributed by atoms with E-state index in [1.54, 1.807) is 0 Å². The second-order valence-electron chi connectivity index (χ2n) is 5.48.